The lowest BCUT2D eigenvalue weighted by Gasteiger charge is -2.34. The minimum absolute atomic E-state index is 0.0498. The van der Waals surface area contributed by atoms with Crippen LogP contribution in [0.25, 0.3) is 0 Å². The van der Waals surface area contributed by atoms with Gasteiger partial charge in [0.05, 0.1) is 0 Å². The topological polar surface area (TPSA) is 112 Å². The molecule has 31 heavy (non-hydrogen) atoms. The Hall–Kier alpha value is -2.84. The van der Waals surface area contributed by atoms with Gasteiger partial charge in [-0.05, 0) is 63.5 Å². The van der Waals surface area contributed by atoms with E-state index in [2.05, 4.69) is 17.6 Å². The van der Waals surface area contributed by atoms with Crippen molar-refractivity contribution in [2.75, 3.05) is 19.6 Å². The first-order valence-corrected chi connectivity index (χ1v) is 11.1. The van der Waals surface area contributed by atoms with E-state index in [0.29, 0.717) is 50.5 Å². The lowest BCUT2D eigenvalue weighted by Crippen LogP contribution is -2.51. The molecule has 2 N–H and O–H groups in total. The fourth-order valence-electron chi connectivity index (χ4n) is 4.74. The normalized spacial score (nSPS) is 27.0. The molecule has 1 aliphatic carbocycles. The van der Waals surface area contributed by atoms with Gasteiger partial charge in [0.1, 0.15) is 17.8 Å². The highest BCUT2D eigenvalue weighted by molar-refractivity contribution is 6.09. The molecule has 4 rings (SSSR count). The molecule has 2 aliphatic heterocycles. The zero-order valence-corrected chi connectivity index (χ0v) is 18.1. The Labute approximate surface area is 181 Å². The van der Waals surface area contributed by atoms with Gasteiger partial charge in [-0.3, -0.25) is 19.3 Å². The molecule has 2 saturated heterocycles. The maximum absolute atomic E-state index is 12.9. The predicted octanol–water partition coefficient (Wildman–Crippen LogP) is 1.81. The number of hydrogen-bond acceptors (Lipinski definition) is 5. The molecular formula is C22H30N4O5. The Balaban J connectivity index is 1.28. The summed E-state index contributed by atoms with van der Waals surface area (Å²) in [7, 11) is 0. The van der Waals surface area contributed by atoms with Crippen LogP contribution in [0.4, 0.5) is 4.79 Å². The second-order valence-electron chi connectivity index (χ2n) is 9.12. The van der Waals surface area contributed by atoms with Gasteiger partial charge in [-0.25, -0.2) is 4.79 Å². The van der Waals surface area contributed by atoms with Gasteiger partial charge in [0.2, 0.25) is 5.91 Å². The molecule has 3 heterocycles. The minimum Gasteiger partial charge on any atom is -0.456 e. The SMILES string of the molecule is Cc1ccc(C(=O)NC2CCN(C(=O)CN3C(=O)NC4(CCC(C)CC4)C3=O)CC2)o1. The van der Waals surface area contributed by atoms with E-state index in [4.69, 9.17) is 4.42 Å². The highest BCUT2D eigenvalue weighted by atomic mass is 16.3. The molecule has 0 bridgehead atoms. The molecule has 1 saturated carbocycles. The lowest BCUT2D eigenvalue weighted by molar-refractivity contribution is -0.140. The minimum atomic E-state index is -0.828. The van der Waals surface area contributed by atoms with Crippen molar-refractivity contribution < 1.29 is 23.6 Å². The van der Waals surface area contributed by atoms with Crippen molar-refractivity contribution in [3.05, 3.63) is 23.7 Å². The van der Waals surface area contributed by atoms with Crippen molar-refractivity contribution in [2.24, 2.45) is 5.92 Å². The van der Waals surface area contributed by atoms with Gasteiger partial charge in [-0.1, -0.05) is 6.92 Å². The third-order valence-electron chi connectivity index (χ3n) is 6.81. The number of amides is 5. The Morgan fingerprint density at radius 3 is 2.45 bits per heavy atom. The summed E-state index contributed by atoms with van der Waals surface area (Å²) in [4.78, 5) is 53.1. The molecule has 0 radical (unpaired) electrons. The Kier molecular flexibility index (Phi) is 5.77. The van der Waals surface area contributed by atoms with Gasteiger partial charge in [0.15, 0.2) is 5.76 Å². The van der Waals surface area contributed by atoms with Gasteiger partial charge in [-0.2, -0.15) is 0 Å². The fourth-order valence-corrected chi connectivity index (χ4v) is 4.74. The fraction of sp³-hybridized carbons (Fsp3) is 0.636. The number of piperidine rings is 1. The second-order valence-corrected chi connectivity index (χ2v) is 9.12. The van der Waals surface area contributed by atoms with E-state index >= 15 is 0 Å². The number of imide groups is 1. The van der Waals surface area contributed by atoms with Crippen LogP contribution in [0, 0.1) is 12.8 Å². The molecule has 168 valence electrons. The number of nitrogens with zero attached hydrogens (tertiary/aromatic N) is 2. The Bertz CT molecular complexity index is 878. The number of furan rings is 1. The summed E-state index contributed by atoms with van der Waals surface area (Å²) in [6, 6.07) is 2.86. The number of carbonyl (C=O) groups is 4. The highest BCUT2D eigenvalue weighted by Crippen LogP contribution is 2.36. The summed E-state index contributed by atoms with van der Waals surface area (Å²) in [6.07, 6.45) is 4.26. The number of hydrogen-bond donors (Lipinski definition) is 2. The summed E-state index contributed by atoms with van der Waals surface area (Å²) in [5.74, 6) is 0.731. The largest absolute Gasteiger partial charge is 0.456 e. The molecule has 3 aliphatic rings. The smallest absolute Gasteiger partial charge is 0.325 e. The second kappa shape index (κ2) is 8.36. The zero-order chi connectivity index (χ0) is 22.2. The molecule has 0 atom stereocenters. The first-order chi connectivity index (χ1) is 14.8. The Morgan fingerprint density at radius 1 is 1.16 bits per heavy atom. The monoisotopic (exact) mass is 430 g/mol. The van der Waals surface area contributed by atoms with Crippen molar-refractivity contribution >= 4 is 23.8 Å². The number of likely N-dealkylation sites (tertiary alicyclic amines) is 1. The van der Waals surface area contributed by atoms with Crippen molar-refractivity contribution in [3.63, 3.8) is 0 Å². The van der Waals surface area contributed by atoms with Gasteiger partial charge in [0, 0.05) is 19.1 Å². The molecule has 0 unspecified atom stereocenters. The van der Waals surface area contributed by atoms with E-state index < -0.39 is 11.6 Å². The lowest BCUT2D eigenvalue weighted by atomic mass is 9.77. The number of nitrogens with one attached hydrogen (secondary N) is 2. The maximum atomic E-state index is 12.9. The van der Waals surface area contributed by atoms with Gasteiger partial charge >= 0.3 is 6.03 Å². The summed E-state index contributed by atoms with van der Waals surface area (Å²) >= 11 is 0. The average Bonchev–Trinajstić information content (AvgIpc) is 3.28. The Morgan fingerprint density at radius 2 is 1.84 bits per heavy atom. The van der Waals surface area contributed by atoms with Crippen LogP contribution in [0.2, 0.25) is 0 Å². The summed E-state index contributed by atoms with van der Waals surface area (Å²) in [6.45, 7) is 4.63. The average molecular weight is 431 g/mol. The van der Waals surface area contributed by atoms with Gasteiger partial charge in [-0.15, -0.1) is 0 Å². The van der Waals surface area contributed by atoms with Gasteiger partial charge < -0.3 is 20.0 Å². The van der Waals surface area contributed by atoms with E-state index in [1.54, 1.807) is 24.0 Å². The molecule has 3 fully saturated rings. The van der Waals surface area contributed by atoms with E-state index in [1.165, 1.54) is 0 Å². The van der Waals surface area contributed by atoms with Crippen LogP contribution < -0.4 is 10.6 Å². The quantitative estimate of drug-likeness (QED) is 0.708. The van der Waals surface area contributed by atoms with E-state index in [-0.39, 0.29) is 36.1 Å². The first-order valence-electron chi connectivity index (χ1n) is 11.1. The van der Waals surface area contributed by atoms with Crippen molar-refractivity contribution in [1.29, 1.82) is 0 Å². The van der Waals surface area contributed by atoms with Crippen LogP contribution in [0.5, 0.6) is 0 Å². The number of urea groups is 1. The highest BCUT2D eigenvalue weighted by Gasteiger charge is 2.52. The number of rotatable bonds is 4. The van der Waals surface area contributed by atoms with Crippen LogP contribution >= 0.6 is 0 Å². The maximum Gasteiger partial charge on any atom is 0.325 e. The number of carbonyl (C=O) groups excluding carboxylic acids is 4. The summed E-state index contributed by atoms with van der Waals surface area (Å²) in [5.41, 5.74) is -0.828. The van der Waals surface area contributed by atoms with Crippen molar-refractivity contribution in [2.45, 2.75) is 64.0 Å². The molecule has 0 aromatic carbocycles. The van der Waals surface area contributed by atoms with Crippen molar-refractivity contribution in [3.8, 4) is 0 Å². The van der Waals surface area contributed by atoms with E-state index in [0.717, 1.165) is 17.7 Å². The molecule has 1 aromatic heterocycles. The van der Waals surface area contributed by atoms with Crippen LogP contribution in [0.3, 0.4) is 0 Å². The van der Waals surface area contributed by atoms with Gasteiger partial charge in [0.25, 0.3) is 11.8 Å². The van der Waals surface area contributed by atoms with Crippen LogP contribution in [0.1, 0.15) is 61.8 Å². The first kappa shape index (κ1) is 21.4. The zero-order valence-electron chi connectivity index (χ0n) is 18.1. The van der Waals surface area contributed by atoms with Crippen molar-refractivity contribution in [1.82, 2.24) is 20.4 Å². The predicted molar refractivity (Wildman–Crippen MR) is 111 cm³/mol. The van der Waals surface area contributed by atoms with Crippen LogP contribution in [0.15, 0.2) is 16.5 Å². The standard InChI is InChI=1S/C22H30N4O5/c1-14-5-9-22(10-6-14)20(29)26(21(30)24-22)13-18(27)25-11-7-16(8-12-25)23-19(28)17-4-3-15(2)31-17/h3-4,14,16H,5-13H2,1-2H3,(H,23,28)(H,24,30). The van der Waals surface area contributed by atoms with Crippen LogP contribution in [-0.2, 0) is 9.59 Å². The van der Waals surface area contributed by atoms with Crippen LogP contribution in [-0.4, -0.2) is 64.8 Å². The van der Waals surface area contributed by atoms with E-state index in [1.807, 2.05) is 0 Å². The molecule has 5 amide bonds. The molecule has 1 aromatic rings. The van der Waals surface area contributed by atoms with E-state index in [9.17, 15) is 19.2 Å². The molecule has 9 heteroatoms. The third-order valence-corrected chi connectivity index (χ3v) is 6.81. The molecule has 9 nitrogen and oxygen atoms in total. The molecular weight excluding hydrogens is 400 g/mol. The summed E-state index contributed by atoms with van der Waals surface area (Å²) in [5, 5.41) is 5.79. The summed E-state index contributed by atoms with van der Waals surface area (Å²) < 4.78 is 5.34. The molecule has 1 spiro atoms. The third kappa shape index (κ3) is 4.31. The number of aryl methyl sites for hydroxylation is 1.